The summed E-state index contributed by atoms with van der Waals surface area (Å²) in [4.78, 5) is 0. The summed E-state index contributed by atoms with van der Waals surface area (Å²) in [7, 11) is 0. The third-order valence-electron chi connectivity index (χ3n) is 3.87. The van der Waals surface area contributed by atoms with E-state index >= 15 is 0 Å². The largest absolute Gasteiger partial charge is 0.435 e. The van der Waals surface area contributed by atoms with E-state index in [1.54, 1.807) is 12.1 Å². The number of hydrogen-bond donors (Lipinski definition) is 1. The van der Waals surface area contributed by atoms with Gasteiger partial charge < -0.3 is 15.0 Å². The molecule has 112 valence electrons. The van der Waals surface area contributed by atoms with Gasteiger partial charge in [-0.25, -0.2) is 0 Å². The molecule has 0 bridgehead atoms. The van der Waals surface area contributed by atoms with E-state index in [2.05, 4.69) is 16.8 Å². The summed E-state index contributed by atoms with van der Waals surface area (Å²) in [5.74, 6) is 1.26. The van der Waals surface area contributed by atoms with Gasteiger partial charge in [0.2, 0.25) is 5.88 Å². The summed E-state index contributed by atoms with van der Waals surface area (Å²) in [6.45, 7) is -0.728. The Morgan fingerprint density at radius 2 is 1.95 bits per heavy atom. The molecule has 2 N–H and O–H groups in total. The minimum absolute atomic E-state index is 0.112. The lowest BCUT2D eigenvalue weighted by Gasteiger charge is -2.10. The average molecular weight is 294 g/mol. The first-order valence-electron chi connectivity index (χ1n) is 6.86. The number of anilines is 1. The second kappa shape index (κ2) is 5.35. The maximum absolute atomic E-state index is 12.2. The fraction of sp³-hybridized carbons (Fsp3) is 0.400. The Morgan fingerprint density at radius 1 is 1.29 bits per heavy atom. The number of aromatic nitrogens is 1. The molecule has 0 saturated heterocycles. The zero-order valence-corrected chi connectivity index (χ0v) is 11.6. The minimum Gasteiger partial charge on any atom is -0.435 e. The number of benzene rings is 1. The van der Waals surface area contributed by atoms with Crippen molar-refractivity contribution in [1.82, 2.24) is 5.16 Å². The van der Waals surface area contributed by atoms with Crippen molar-refractivity contribution in [1.29, 1.82) is 0 Å². The Labute approximate surface area is 120 Å². The highest BCUT2D eigenvalue weighted by molar-refractivity contribution is 5.76. The normalized spacial score (nSPS) is 16.2. The molecule has 1 saturated carbocycles. The molecule has 1 heterocycles. The van der Waals surface area contributed by atoms with Gasteiger partial charge in [-0.1, -0.05) is 24.2 Å². The van der Waals surface area contributed by atoms with E-state index in [9.17, 15) is 8.78 Å². The molecule has 0 aliphatic heterocycles. The zero-order chi connectivity index (χ0) is 15.0. The van der Waals surface area contributed by atoms with Crippen LogP contribution in [-0.4, -0.2) is 11.8 Å². The van der Waals surface area contributed by atoms with Crippen molar-refractivity contribution in [3.63, 3.8) is 0 Å². The Hall–Kier alpha value is -2.11. The number of halogens is 2. The van der Waals surface area contributed by atoms with Crippen LogP contribution in [0, 0.1) is 5.92 Å². The van der Waals surface area contributed by atoms with Gasteiger partial charge in [0, 0.05) is 5.92 Å². The van der Waals surface area contributed by atoms with Crippen LogP contribution in [0.25, 0.3) is 11.1 Å². The number of nitrogen functional groups attached to an aromatic ring is 1. The Bertz CT molecular complexity index is 621. The molecule has 0 spiro atoms. The van der Waals surface area contributed by atoms with Crippen LogP contribution < -0.4 is 10.5 Å². The molecule has 1 fully saturated rings. The van der Waals surface area contributed by atoms with Gasteiger partial charge >= 0.3 is 6.61 Å². The Balaban J connectivity index is 1.90. The molecule has 1 atom stereocenters. The van der Waals surface area contributed by atoms with Crippen LogP contribution >= 0.6 is 0 Å². The van der Waals surface area contributed by atoms with Crippen LogP contribution in [0.2, 0.25) is 0 Å². The molecule has 1 aromatic carbocycles. The predicted octanol–water partition coefficient (Wildman–Crippen LogP) is 4.04. The van der Waals surface area contributed by atoms with Crippen LogP contribution in [0.15, 0.2) is 28.8 Å². The van der Waals surface area contributed by atoms with Crippen molar-refractivity contribution in [3.05, 3.63) is 30.0 Å². The van der Waals surface area contributed by atoms with Crippen molar-refractivity contribution in [2.45, 2.75) is 32.3 Å². The number of ether oxygens (including phenoxy) is 1. The molecule has 1 unspecified atom stereocenters. The van der Waals surface area contributed by atoms with Crippen molar-refractivity contribution in [2.75, 3.05) is 5.73 Å². The van der Waals surface area contributed by atoms with Crippen LogP contribution in [0.4, 0.5) is 14.7 Å². The molecular formula is C15H16F2N2O2. The molecule has 6 heteroatoms. The standard InChI is InChI=1S/C15H16F2N2O2/c1-8(9-2-3-9)13-12(14(18)21-19-13)10-4-6-11(7-5-10)20-15(16)17/h4-9,15H,2-3,18H2,1H3. The van der Waals surface area contributed by atoms with Gasteiger partial charge in [-0.2, -0.15) is 8.78 Å². The summed E-state index contributed by atoms with van der Waals surface area (Å²) >= 11 is 0. The smallest absolute Gasteiger partial charge is 0.387 e. The molecule has 2 aromatic rings. The van der Waals surface area contributed by atoms with Gasteiger partial charge in [0.1, 0.15) is 5.75 Å². The van der Waals surface area contributed by atoms with Gasteiger partial charge in [0.15, 0.2) is 0 Å². The van der Waals surface area contributed by atoms with E-state index in [0.717, 1.165) is 16.8 Å². The summed E-state index contributed by atoms with van der Waals surface area (Å²) in [5, 5.41) is 4.07. The van der Waals surface area contributed by atoms with Crippen LogP contribution in [-0.2, 0) is 0 Å². The maximum atomic E-state index is 12.2. The topological polar surface area (TPSA) is 61.3 Å². The predicted molar refractivity (Wildman–Crippen MR) is 74.1 cm³/mol. The van der Waals surface area contributed by atoms with Gasteiger partial charge in [-0.3, -0.25) is 0 Å². The molecule has 1 aromatic heterocycles. The third-order valence-corrected chi connectivity index (χ3v) is 3.87. The monoisotopic (exact) mass is 294 g/mol. The number of alkyl halides is 2. The highest BCUT2D eigenvalue weighted by Crippen LogP contribution is 2.45. The van der Waals surface area contributed by atoms with Gasteiger partial charge in [0.25, 0.3) is 0 Å². The van der Waals surface area contributed by atoms with E-state index in [1.165, 1.54) is 25.0 Å². The SMILES string of the molecule is CC(c1noc(N)c1-c1ccc(OC(F)F)cc1)C1CC1. The molecular weight excluding hydrogens is 278 g/mol. The van der Waals surface area contributed by atoms with Crippen LogP contribution in [0.3, 0.4) is 0 Å². The van der Waals surface area contributed by atoms with Crippen LogP contribution in [0.1, 0.15) is 31.4 Å². The molecule has 3 rings (SSSR count). The van der Waals surface area contributed by atoms with E-state index in [0.29, 0.717) is 5.92 Å². The second-order valence-electron chi connectivity index (χ2n) is 5.34. The molecule has 1 aliphatic rings. The van der Waals surface area contributed by atoms with Crippen molar-refractivity contribution >= 4 is 5.88 Å². The maximum Gasteiger partial charge on any atom is 0.387 e. The molecule has 0 radical (unpaired) electrons. The first-order valence-corrected chi connectivity index (χ1v) is 6.86. The zero-order valence-electron chi connectivity index (χ0n) is 11.6. The summed E-state index contributed by atoms with van der Waals surface area (Å²) in [6.07, 6.45) is 2.38. The minimum atomic E-state index is -2.83. The van der Waals surface area contributed by atoms with Gasteiger partial charge in [-0.15, -0.1) is 0 Å². The number of nitrogens with zero attached hydrogens (tertiary/aromatic N) is 1. The molecule has 21 heavy (non-hydrogen) atoms. The number of nitrogens with two attached hydrogens (primary N) is 1. The summed E-state index contributed by atoms with van der Waals surface area (Å²) in [5.41, 5.74) is 8.24. The first-order chi connectivity index (χ1) is 10.1. The fourth-order valence-electron chi connectivity index (χ4n) is 2.54. The van der Waals surface area contributed by atoms with Gasteiger partial charge in [0.05, 0.1) is 11.3 Å². The third kappa shape index (κ3) is 2.84. The van der Waals surface area contributed by atoms with E-state index in [4.69, 9.17) is 10.3 Å². The second-order valence-corrected chi connectivity index (χ2v) is 5.34. The number of hydrogen-bond acceptors (Lipinski definition) is 4. The quantitative estimate of drug-likeness (QED) is 0.904. The lowest BCUT2D eigenvalue weighted by atomic mass is 9.95. The lowest BCUT2D eigenvalue weighted by Crippen LogP contribution is -2.02. The van der Waals surface area contributed by atoms with E-state index < -0.39 is 6.61 Å². The Morgan fingerprint density at radius 3 is 2.52 bits per heavy atom. The molecule has 4 nitrogen and oxygen atoms in total. The number of rotatable bonds is 5. The van der Waals surface area contributed by atoms with Gasteiger partial charge in [-0.05, 0) is 36.5 Å². The van der Waals surface area contributed by atoms with Crippen LogP contribution in [0.5, 0.6) is 5.75 Å². The highest BCUT2D eigenvalue weighted by atomic mass is 19.3. The first kappa shape index (κ1) is 13.9. The average Bonchev–Trinajstić information content (AvgIpc) is 3.22. The fourth-order valence-corrected chi connectivity index (χ4v) is 2.54. The Kier molecular flexibility index (Phi) is 3.53. The van der Waals surface area contributed by atoms with Crippen molar-refractivity contribution in [2.24, 2.45) is 5.92 Å². The summed E-state index contributed by atoms with van der Waals surface area (Å²) in [6, 6.07) is 6.34. The van der Waals surface area contributed by atoms with Crippen molar-refractivity contribution in [3.8, 4) is 16.9 Å². The highest BCUT2D eigenvalue weighted by Gasteiger charge is 2.33. The van der Waals surface area contributed by atoms with E-state index in [-0.39, 0.29) is 17.6 Å². The summed E-state index contributed by atoms with van der Waals surface area (Å²) < 4.78 is 33.8. The molecule has 1 aliphatic carbocycles. The lowest BCUT2D eigenvalue weighted by molar-refractivity contribution is -0.0498. The van der Waals surface area contributed by atoms with Crippen molar-refractivity contribution < 1.29 is 18.0 Å². The van der Waals surface area contributed by atoms with E-state index in [1.807, 2.05) is 0 Å². The molecule has 0 amide bonds.